The maximum absolute atomic E-state index is 6.36. The van der Waals surface area contributed by atoms with Crippen LogP contribution >= 0.6 is 11.6 Å². The first-order valence-corrected chi connectivity index (χ1v) is 10.7. The zero-order valence-corrected chi connectivity index (χ0v) is 18.4. The molecule has 1 atom stereocenters. The number of aliphatic imine (C=N–C) groups is 2. The van der Waals surface area contributed by atoms with E-state index in [1.54, 1.807) is 6.08 Å². The largest absolute Gasteiger partial charge is 0.488 e. The van der Waals surface area contributed by atoms with Crippen LogP contribution in [0.2, 0.25) is 0 Å². The highest BCUT2D eigenvalue weighted by Crippen LogP contribution is 2.36. The van der Waals surface area contributed by atoms with Crippen molar-refractivity contribution in [2.45, 2.75) is 32.5 Å². The Bertz CT molecular complexity index is 1140. The summed E-state index contributed by atoms with van der Waals surface area (Å²) < 4.78 is 6.11. The number of hydrogen-bond acceptors (Lipinski definition) is 4. The quantitative estimate of drug-likeness (QED) is 0.354. The molecular weight excluding hydrogens is 406 g/mol. The first-order chi connectivity index (χ1) is 15.1. The maximum Gasteiger partial charge on any atom is 0.222 e. The number of ether oxygens (including phenoxy) is 1. The molecule has 0 N–H and O–H groups in total. The number of likely N-dealkylation sites (N-methyl/N-ethyl adjacent to an activating group) is 1. The number of hydrogen-bond donors (Lipinski definition) is 0. The molecule has 0 saturated carbocycles. The van der Waals surface area contributed by atoms with Crippen LogP contribution in [0.1, 0.15) is 30.9 Å². The summed E-state index contributed by atoms with van der Waals surface area (Å²) >= 11 is 6.36. The Kier molecular flexibility index (Phi) is 6.25. The van der Waals surface area contributed by atoms with Crippen LogP contribution in [0.15, 0.2) is 87.6 Å². The summed E-state index contributed by atoms with van der Waals surface area (Å²) in [5.41, 5.74) is 5.62. The third kappa shape index (κ3) is 4.28. The molecule has 4 rings (SSSR count). The molecule has 4 nitrogen and oxygen atoms in total. The molecule has 156 valence electrons. The van der Waals surface area contributed by atoms with Crippen LogP contribution in [-0.4, -0.2) is 29.2 Å². The molecule has 2 aliphatic heterocycles. The molecule has 3 aliphatic rings. The fourth-order valence-corrected chi connectivity index (χ4v) is 4.15. The van der Waals surface area contributed by atoms with Gasteiger partial charge in [-0.2, -0.15) is 0 Å². The second-order valence-corrected chi connectivity index (χ2v) is 7.74. The Balaban J connectivity index is 1.67. The highest BCUT2D eigenvalue weighted by atomic mass is 35.5. The molecule has 2 heterocycles. The average molecular weight is 430 g/mol. The van der Waals surface area contributed by atoms with Gasteiger partial charge in [0.2, 0.25) is 5.29 Å². The molecule has 0 saturated heterocycles. The molecule has 1 aliphatic carbocycles. The summed E-state index contributed by atoms with van der Waals surface area (Å²) in [4.78, 5) is 11.2. The van der Waals surface area contributed by atoms with E-state index in [1.807, 2.05) is 25.3 Å². The summed E-state index contributed by atoms with van der Waals surface area (Å²) in [7, 11) is 1.99. The maximum atomic E-state index is 6.36. The van der Waals surface area contributed by atoms with Crippen molar-refractivity contribution >= 4 is 28.3 Å². The van der Waals surface area contributed by atoms with Gasteiger partial charge >= 0.3 is 0 Å². The van der Waals surface area contributed by atoms with Crippen molar-refractivity contribution in [3.63, 3.8) is 0 Å². The average Bonchev–Trinajstić information content (AvgIpc) is 3.01. The van der Waals surface area contributed by atoms with E-state index in [0.29, 0.717) is 6.61 Å². The molecule has 1 aromatic carbocycles. The molecule has 31 heavy (non-hydrogen) atoms. The summed E-state index contributed by atoms with van der Waals surface area (Å²) in [6, 6.07) is 8.37. The lowest BCUT2D eigenvalue weighted by molar-refractivity contribution is 0.207. The molecule has 0 bridgehead atoms. The Morgan fingerprint density at radius 2 is 2.19 bits per heavy atom. The Labute approximate surface area is 188 Å². The van der Waals surface area contributed by atoms with Gasteiger partial charge in [0.05, 0.1) is 0 Å². The van der Waals surface area contributed by atoms with Crippen LogP contribution < -0.4 is 0 Å². The number of benzene rings is 1. The van der Waals surface area contributed by atoms with E-state index >= 15 is 0 Å². The van der Waals surface area contributed by atoms with E-state index in [1.165, 1.54) is 11.1 Å². The van der Waals surface area contributed by atoms with Gasteiger partial charge in [-0.05, 0) is 53.3 Å². The van der Waals surface area contributed by atoms with Crippen LogP contribution in [0.5, 0.6) is 0 Å². The van der Waals surface area contributed by atoms with Crippen molar-refractivity contribution in [2.75, 3.05) is 7.05 Å². The van der Waals surface area contributed by atoms with Gasteiger partial charge in [-0.1, -0.05) is 61.4 Å². The number of amidine groups is 2. The summed E-state index contributed by atoms with van der Waals surface area (Å²) in [5.74, 6) is 4.14. The molecule has 0 fully saturated rings. The van der Waals surface area contributed by atoms with E-state index in [0.717, 1.165) is 41.2 Å². The first-order valence-electron chi connectivity index (χ1n) is 10.3. The number of fused-ring (bicyclic) bond motifs is 3. The van der Waals surface area contributed by atoms with Gasteiger partial charge < -0.3 is 9.64 Å². The molecule has 0 spiro atoms. The van der Waals surface area contributed by atoms with Gasteiger partial charge in [-0.25, -0.2) is 9.98 Å². The van der Waals surface area contributed by atoms with Crippen LogP contribution in [0.4, 0.5) is 0 Å². The van der Waals surface area contributed by atoms with Crippen LogP contribution in [0.3, 0.4) is 0 Å². The predicted molar refractivity (Wildman–Crippen MR) is 129 cm³/mol. The van der Waals surface area contributed by atoms with Crippen LogP contribution in [-0.2, 0) is 11.3 Å². The number of terminal acetylenes is 1. The van der Waals surface area contributed by atoms with Gasteiger partial charge in [-0.3, -0.25) is 0 Å². The predicted octanol–water partition coefficient (Wildman–Crippen LogP) is 5.60. The smallest absolute Gasteiger partial charge is 0.222 e. The minimum Gasteiger partial charge on any atom is -0.488 e. The highest BCUT2D eigenvalue weighted by Gasteiger charge is 2.28. The lowest BCUT2D eigenvalue weighted by Gasteiger charge is -2.33. The topological polar surface area (TPSA) is 37.2 Å². The standard InChI is InChI=1S/C26H24ClN3O/c1-4-6-7-11-18(5-2)24-28-26(27)29-25(30(24)3)19-13-10-15-22-21-14-9-8-12-20(21)17-31-23(22)16-19/h1,6-9,11-16,24H,5,10,17H2,2-3H3/b7-6-,18-11+. The number of nitrogens with zero attached hydrogens (tertiary/aromatic N) is 3. The Morgan fingerprint density at radius 3 is 3.00 bits per heavy atom. The number of halogens is 1. The lowest BCUT2D eigenvalue weighted by Crippen LogP contribution is -2.41. The molecule has 0 radical (unpaired) electrons. The van der Waals surface area contributed by atoms with Gasteiger partial charge in [-0.15, -0.1) is 6.42 Å². The number of rotatable bonds is 4. The van der Waals surface area contributed by atoms with Crippen molar-refractivity contribution < 1.29 is 4.74 Å². The molecule has 1 unspecified atom stereocenters. The lowest BCUT2D eigenvalue weighted by atomic mass is 9.95. The Morgan fingerprint density at radius 1 is 1.35 bits per heavy atom. The van der Waals surface area contributed by atoms with Gasteiger partial charge in [0.25, 0.3) is 0 Å². The first kappa shape index (κ1) is 21.0. The van der Waals surface area contributed by atoms with Crippen molar-refractivity contribution in [1.29, 1.82) is 0 Å². The minimum absolute atomic E-state index is 0.240. The van der Waals surface area contributed by atoms with E-state index in [4.69, 9.17) is 22.8 Å². The van der Waals surface area contributed by atoms with Crippen LogP contribution in [0.25, 0.3) is 5.57 Å². The van der Waals surface area contributed by atoms with Crippen molar-refractivity contribution in [3.8, 4) is 12.3 Å². The SMILES string of the molecule is C#C/C=C\C=C(/CC)C1N=C(Cl)N=C(C2=CCC=C3C(=C2)OCc2ccccc23)N1C. The van der Waals surface area contributed by atoms with E-state index < -0.39 is 0 Å². The zero-order valence-electron chi connectivity index (χ0n) is 17.7. The van der Waals surface area contributed by atoms with Crippen molar-refractivity contribution in [1.82, 2.24) is 4.90 Å². The molecule has 0 amide bonds. The van der Waals surface area contributed by atoms with E-state index in [-0.39, 0.29) is 11.5 Å². The third-order valence-corrected chi connectivity index (χ3v) is 5.71. The zero-order chi connectivity index (χ0) is 21.8. The van der Waals surface area contributed by atoms with Gasteiger partial charge in [0, 0.05) is 18.2 Å². The molecule has 0 aromatic heterocycles. The van der Waals surface area contributed by atoms with Gasteiger partial charge in [0.15, 0.2) is 0 Å². The summed E-state index contributed by atoms with van der Waals surface area (Å²) in [6.45, 7) is 2.65. The summed E-state index contributed by atoms with van der Waals surface area (Å²) in [6.07, 6.45) is 18.6. The fourth-order valence-electron chi connectivity index (χ4n) is 3.98. The van der Waals surface area contributed by atoms with Gasteiger partial charge in [0.1, 0.15) is 24.4 Å². The molecule has 1 aromatic rings. The van der Waals surface area contributed by atoms with E-state index in [2.05, 4.69) is 64.2 Å². The van der Waals surface area contributed by atoms with E-state index in [9.17, 15) is 0 Å². The highest BCUT2D eigenvalue weighted by molar-refractivity contribution is 6.66. The number of allylic oxidation sites excluding steroid dienone is 6. The second-order valence-electron chi connectivity index (χ2n) is 7.41. The van der Waals surface area contributed by atoms with Crippen molar-refractivity contribution in [3.05, 3.63) is 88.8 Å². The monoisotopic (exact) mass is 429 g/mol. The van der Waals surface area contributed by atoms with Crippen molar-refractivity contribution in [2.24, 2.45) is 9.98 Å². The molecule has 5 heteroatoms. The summed E-state index contributed by atoms with van der Waals surface area (Å²) in [5, 5.41) is 0.241. The van der Waals surface area contributed by atoms with Crippen LogP contribution in [0, 0.1) is 12.3 Å². The minimum atomic E-state index is -0.240. The third-order valence-electron chi connectivity index (χ3n) is 5.53. The second kappa shape index (κ2) is 9.24. The molecular formula is C26H24ClN3O. The fraction of sp³-hybridized carbons (Fsp3) is 0.231. The Hall–Kier alpha value is -3.29. The normalized spacial score (nSPS) is 20.8.